The van der Waals surface area contributed by atoms with Crippen LogP contribution in [-0.4, -0.2) is 25.1 Å². The molecule has 1 aromatic carbocycles. The number of hydrogen-bond donors (Lipinski definition) is 2. The summed E-state index contributed by atoms with van der Waals surface area (Å²) in [5.74, 6) is 1.46. The summed E-state index contributed by atoms with van der Waals surface area (Å²) >= 11 is 0. The van der Waals surface area contributed by atoms with E-state index in [1.165, 1.54) is 0 Å². The van der Waals surface area contributed by atoms with Crippen molar-refractivity contribution in [1.82, 2.24) is 5.32 Å². The highest BCUT2D eigenvalue weighted by Crippen LogP contribution is 2.24. The molecule has 1 unspecified atom stereocenters. The monoisotopic (exact) mass is 312 g/mol. The Labute approximate surface area is 133 Å². The number of ether oxygens (including phenoxy) is 1. The molecule has 1 aliphatic rings. The van der Waals surface area contributed by atoms with E-state index < -0.39 is 0 Å². The number of amides is 1. The fraction of sp³-hybridized carbons (Fsp3) is 0.562. The van der Waals surface area contributed by atoms with Crippen LogP contribution in [0.15, 0.2) is 18.2 Å². The van der Waals surface area contributed by atoms with Crippen molar-refractivity contribution >= 4 is 24.0 Å². The van der Waals surface area contributed by atoms with Crippen LogP contribution in [0.25, 0.3) is 0 Å². The van der Waals surface area contributed by atoms with Gasteiger partial charge in [-0.05, 0) is 63.5 Å². The molecule has 0 saturated carbocycles. The van der Waals surface area contributed by atoms with E-state index in [0.29, 0.717) is 5.92 Å². The Morgan fingerprint density at radius 3 is 2.48 bits per heavy atom. The molecule has 5 heteroatoms. The van der Waals surface area contributed by atoms with Crippen LogP contribution in [0, 0.1) is 18.8 Å². The molecule has 1 atom stereocenters. The van der Waals surface area contributed by atoms with Crippen molar-refractivity contribution in [3.63, 3.8) is 0 Å². The van der Waals surface area contributed by atoms with Gasteiger partial charge >= 0.3 is 0 Å². The summed E-state index contributed by atoms with van der Waals surface area (Å²) < 4.78 is 5.70. The van der Waals surface area contributed by atoms with Gasteiger partial charge in [-0.2, -0.15) is 0 Å². The Hall–Kier alpha value is -1.26. The van der Waals surface area contributed by atoms with Crippen LogP contribution in [0.4, 0.5) is 5.69 Å². The number of nitrogens with one attached hydrogen (secondary N) is 2. The number of carbonyl (C=O) groups is 1. The zero-order valence-electron chi connectivity index (χ0n) is 13.1. The van der Waals surface area contributed by atoms with Gasteiger partial charge in [0.2, 0.25) is 5.91 Å². The molecule has 1 heterocycles. The van der Waals surface area contributed by atoms with E-state index in [4.69, 9.17) is 4.74 Å². The molecule has 1 amide bonds. The number of rotatable bonds is 5. The minimum Gasteiger partial charge on any atom is -0.491 e. The van der Waals surface area contributed by atoms with Crippen LogP contribution in [0.3, 0.4) is 0 Å². The molecule has 1 fully saturated rings. The molecule has 4 nitrogen and oxygen atoms in total. The van der Waals surface area contributed by atoms with Gasteiger partial charge in [0.1, 0.15) is 5.75 Å². The fourth-order valence-corrected chi connectivity index (χ4v) is 2.25. The lowest BCUT2D eigenvalue weighted by Crippen LogP contribution is -2.48. The third-order valence-corrected chi connectivity index (χ3v) is 3.74. The normalized spacial score (nSPS) is 15.9. The van der Waals surface area contributed by atoms with Gasteiger partial charge in [0.25, 0.3) is 0 Å². The molecule has 2 N–H and O–H groups in total. The third kappa shape index (κ3) is 4.61. The molecule has 0 radical (unpaired) electrons. The first-order valence-electron chi connectivity index (χ1n) is 7.26. The van der Waals surface area contributed by atoms with E-state index in [2.05, 4.69) is 10.6 Å². The molecular weight excluding hydrogens is 288 g/mol. The first-order valence-corrected chi connectivity index (χ1v) is 7.26. The highest BCUT2D eigenvalue weighted by Gasteiger charge is 2.28. The minimum absolute atomic E-state index is 0. The second-order valence-electron chi connectivity index (χ2n) is 5.84. The Morgan fingerprint density at radius 2 is 2.00 bits per heavy atom. The summed E-state index contributed by atoms with van der Waals surface area (Å²) in [4.78, 5) is 12.2. The van der Waals surface area contributed by atoms with Crippen molar-refractivity contribution in [2.24, 2.45) is 11.8 Å². The lowest BCUT2D eigenvalue weighted by molar-refractivity contribution is -0.121. The first kappa shape index (κ1) is 17.8. The SMILES string of the molecule is Cc1cc(NC(=O)C(C)C2CNC2)ccc1OC(C)C.Cl. The Balaban J connectivity index is 0.00000220. The van der Waals surface area contributed by atoms with E-state index >= 15 is 0 Å². The van der Waals surface area contributed by atoms with Crippen molar-refractivity contribution in [3.8, 4) is 5.75 Å². The zero-order valence-corrected chi connectivity index (χ0v) is 13.9. The summed E-state index contributed by atoms with van der Waals surface area (Å²) in [6.07, 6.45) is 0.153. The van der Waals surface area contributed by atoms with Crippen molar-refractivity contribution in [1.29, 1.82) is 0 Å². The second kappa shape index (κ2) is 7.66. The summed E-state index contributed by atoms with van der Waals surface area (Å²) in [5, 5.41) is 6.19. The van der Waals surface area contributed by atoms with Crippen LogP contribution >= 0.6 is 12.4 Å². The van der Waals surface area contributed by atoms with Crippen molar-refractivity contribution in [2.75, 3.05) is 18.4 Å². The predicted octanol–water partition coefficient (Wildman–Crippen LogP) is 3.00. The van der Waals surface area contributed by atoms with Gasteiger partial charge in [-0.3, -0.25) is 4.79 Å². The van der Waals surface area contributed by atoms with Crippen LogP contribution in [0.5, 0.6) is 5.75 Å². The molecule has 2 rings (SSSR count). The topological polar surface area (TPSA) is 50.4 Å². The number of halogens is 1. The van der Waals surface area contributed by atoms with Gasteiger partial charge in [0, 0.05) is 11.6 Å². The van der Waals surface area contributed by atoms with E-state index in [0.717, 1.165) is 30.1 Å². The summed E-state index contributed by atoms with van der Waals surface area (Å²) in [6, 6.07) is 5.77. The highest BCUT2D eigenvalue weighted by molar-refractivity contribution is 5.92. The maximum atomic E-state index is 12.2. The van der Waals surface area contributed by atoms with Crippen LogP contribution in [-0.2, 0) is 4.79 Å². The minimum atomic E-state index is 0. The predicted molar refractivity (Wildman–Crippen MR) is 88.3 cm³/mol. The van der Waals surface area contributed by atoms with Crippen molar-refractivity contribution in [2.45, 2.75) is 33.8 Å². The van der Waals surface area contributed by atoms with Crippen LogP contribution < -0.4 is 15.4 Å². The summed E-state index contributed by atoms with van der Waals surface area (Å²) in [5.41, 5.74) is 1.87. The van der Waals surface area contributed by atoms with Gasteiger partial charge in [0.05, 0.1) is 6.10 Å². The molecule has 0 aliphatic carbocycles. The molecule has 0 spiro atoms. The second-order valence-corrected chi connectivity index (χ2v) is 5.84. The quantitative estimate of drug-likeness (QED) is 0.879. The maximum Gasteiger partial charge on any atom is 0.227 e. The van der Waals surface area contributed by atoms with Crippen molar-refractivity contribution < 1.29 is 9.53 Å². The average Bonchev–Trinajstić information content (AvgIpc) is 2.30. The summed E-state index contributed by atoms with van der Waals surface area (Å²) in [6.45, 7) is 9.87. The molecule has 118 valence electrons. The zero-order chi connectivity index (χ0) is 14.7. The number of benzene rings is 1. The fourth-order valence-electron chi connectivity index (χ4n) is 2.25. The Morgan fingerprint density at radius 1 is 1.33 bits per heavy atom. The molecule has 0 bridgehead atoms. The number of aryl methyl sites for hydroxylation is 1. The Kier molecular flexibility index (Phi) is 6.49. The summed E-state index contributed by atoms with van der Waals surface area (Å²) in [7, 11) is 0. The lowest BCUT2D eigenvalue weighted by atomic mass is 9.88. The first-order chi connectivity index (χ1) is 9.47. The van der Waals surface area contributed by atoms with E-state index in [-0.39, 0.29) is 30.3 Å². The third-order valence-electron chi connectivity index (χ3n) is 3.74. The number of hydrogen-bond acceptors (Lipinski definition) is 3. The van der Waals surface area contributed by atoms with E-state index in [1.807, 2.05) is 45.9 Å². The van der Waals surface area contributed by atoms with Crippen LogP contribution in [0.1, 0.15) is 26.3 Å². The smallest absolute Gasteiger partial charge is 0.227 e. The highest BCUT2D eigenvalue weighted by atomic mass is 35.5. The molecule has 0 aromatic heterocycles. The largest absolute Gasteiger partial charge is 0.491 e. The number of anilines is 1. The molecule has 1 aliphatic heterocycles. The standard InChI is InChI=1S/C16H24N2O2.ClH/c1-10(2)20-15-6-5-14(7-11(15)3)18-16(19)12(4)13-8-17-9-13;/h5-7,10,12-13,17H,8-9H2,1-4H3,(H,18,19);1H. The molecule has 1 aromatic rings. The Bertz CT molecular complexity index is 487. The van der Waals surface area contributed by atoms with Gasteiger partial charge < -0.3 is 15.4 Å². The number of carbonyl (C=O) groups excluding carboxylic acids is 1. The lowest BCUT2D eigenvalue weighted by Gasteiger charge is -2.31. The van der Waals surface area contributed by atoms with E-state index in [1.54, 1.807) is 0 Å². The molecular formula is C16H25ClN2O2. The van der Waals surface area contributed by atoms with Crippen LogP contribution in [0.2, 0.25) is 0 Å². The van der Waals surface area contributed by atoms with E-state index in [9.17, 15) is 4.79 Å². The molecule has 21 heavy (non-hydrogen) atoms. The maximum absolute atomic E-state index is 12.2. The van der Waals surface area contributed by atoms with Crippen molar-refractivity contribution in [3.05, 3.63) is 23.8 Å². The van der Waals surface area contributed by atoms with Gasteiger partial charge in [-0.15, -0.1) is 12.4 Å². The average molecular weight is 313 g/mol. The van der Waals surface area contributed by atoms with Gasteiger partial charge in [-0.25, -0.2) is 0 Å². The van der Waals surface area contributed by atoms with Gasteiger partial charge in [0.15, 0.2) is 0 Å². The van der Waals surface area contributed by atoms with Gasteiger partial charge in [-0.1, -0.05) is 6.92 Å². The molecule has 1 saturated heterocycles.